The highest BCUT2D eigenvalue weighted by Crippen LogP contribution is 2.36. The molecular formula is C18H13N5S. The second kappa shape index (κ2) is 6.55. The number of nitrogens with zero attached hydrogens (tertiary/aromatic N) is 4. The molecule has 0 aliphatic carbocycles. The number of hydrogen-bond donors (Lipinski definition) is 1. The van der Waals surface area contributed by atoms with E-state index in [2.05, 4.69) is 43.0 Å². The van der Waals surface area contributed by atoms with Gasteiger partial charge in [0.05, 0.1) is 11.6 Å². The summed E-state index contributed by atoms with van der Waals surface area (Å²) in [6, 6.07) is 14.0. The van der Waals surface area contributed by atoms with Crippen molar-refractivity contribution < 1.29 is 0 Å². The van der Waals surface area contributed by atoms with Gasteiger partial charge in [0.15, 0.2) is 5.82 Å². The van der Waals surface area contributed by atoms with E-state index < -0.39 is 0 Å². The lowest BCUT2D eigenvalue weighted by Gasteiger charge is -2.04. The predicted octanol–water partition coefficient (Wildman–Crippen LogP) is 4.20. The summed E-state index contributed by atoms with van der Waals surface area (Å²) in [5, 5.41) is 7.36. The largest absolute Gasteiger partial charge is 0.264 e. The van der Waals surface area contributed by atoms with Gasteiger partial charge in [-0.3, -0.25) is 10.4 Å². The van der Waals surface area contributed by atoms with E-state index in [0.717, 1.165) is 26.9 Å². The lowest BCUT2D eigenvalue weighted by atomic mass is 10.1. The van der Waals surface area contributed by atoms with Crippen LogP contribution >= 0.6 is 11.3 Å². The Bertz CT molecular complexity index is 980. The van der Waals surface area contributed by atoms with Crippen LogP contribution in [0.4, 0.5) is 5.82 Å². The number of nitrogens with one attached hydrogen (secondary N) is 1. The first kappa shape index (κ1) is 14.5. The molecule has 4 rings (SSSR count). The molecule has 0 aliphatic rings. The molecule has 1 N–H and O–H groups in total. The molecule has 116 valence electrons. The Labute approximate surface area is 142 Å². The molecule has 4 aromatic rings. The molecule has 0 fully saturated rings. The monoisotopic (exact) mass is 331 g/mol. The summed E-state index contributed by atoms with van der Waals surface area (Å²) in [6.45, 7) is 0. The van der Waals surface area contributed by atoms with Gasteiger partial charge in [-0.25, -0.2) is 9.97 Å². The molecule has 0 amide bonds. The van der Waals surface area contributed by atoms with Crippen LogP contribution in [0.3, 0.4) is 0 Å². The minimum Gasteiger partial charge on any atom is -0.264 e. The number of rotatable bonds is 4. The van der Waals surface area contributed by atoms with E-state index in [0.29, 0.717) is 5.82 Å². The molecule has 0 unspecified atom stereocenters. The van der Waals surface area contributed by atoms with Crippen molar-refractivity contribution in [3.8, 4) is 11.1 Å². The second-order valence-electron chi connectivity index (χ2n) is 5.07. The van der Waals surface area contributed by atoms with Crippen LogP contribution in [-0.2, 0) is 0 Å². The van der Waals surface area contributed by atoms with Crippen LogP contribution in [0.15, 0.2) is 71.7 Å². The van der Waals surface area contributed by atoms with Crippen molar-refractivity contribution in [2.24, 2.45) is 5.10 Å². The van der Waals surface area contributed by atoms with Gasteiger partial charge in [0.25, 0.3) is 0 Å². The van der Waals surface area contributed by atoms with Gasteiger partial charge in [-0.2, -0.15) is 5.10 Å². The third kappa shape index (κ3) is 2.87. The van der Waals surface area contributed by atoms with Gasteiger partial charge in [0.2, 0.25) is 0 Å². The van der Waals surface area contributed by atoms with Crippen molar-refractivity contribution in [3.63, 3.8) is 0 Å². The second-order valence-corrected chi connectivity index (χ2v) is 5.93. The van der Waals surface area contributed by atoms with E-state index >= 15 is 0 Å². The molecule has 0 saturated heterocycles. The Morgan fingerprint density at radius 1 is 1.04 bits per heavy atom. The number of anilines is 1. The summed E-state index contributed by atoms with van der Waals surface area (Å²) < 4.78 is 0. The Morgan fingerprint density at radius 2 is 1.96 bits per heavy atom. The van der Waals surface area contributed by atoms with Crippen LogP contribution in [0.5, 0.6) is 0 Å². The molecule has 0 radical (unpaired) electrons. The van der Waals surface area contributed by atoms with Crippen LogP contribution in [-0.4, -0.2) is 21.2 Å². The molecule has 3 heterocycles. The third-order valence-corrected chi connectivity index (χ3v) is 4.41. The minimum atomic E-state index is 0.695. The summed E-state index contributed by atoms with van der Waals surface area (Å²) in [4.78, 5) is 13.7. The van der Waals surface area contributed by atoms with Crippen LogP contribution in [0, 0.1) is 0 Å². The zero-order chi connectivity index (χ0) is 16.2. The highest BCUT2D eigenvalue weighted by atomic mass is 32.1. The summed E-state index contributed by atoms with van der Waals surface area (Å²) in [5.41, 5.74) is 6.19. The number of benzene rings is 1. The Balaban J connectivity index is 1.71. The van der Waals surface area contributed by atoms with E-state index in [1.54, 1.807) is 36.3 Å². The molecule has 6 heteroatoms. The molecule has 24 heavy (non-hydrogen) atoms. The van der Waals surface area contributed by atoms with Crippen LogP contribution in [0.25, 0.3) is 21.3 Å². The highest BCUT2D eigenvalue weighted by Gasteiger charge is 2.12. The zero-order valence-corrected chi connectivity index (χ0v) is 13.4. The Hall–Kier alpha value is -3.12. The molecule has 0 bridgehead atoms. The Morgan fingerprint density at radius 3 is 2.79 bits per heavy atom. The van der Waals surface area contributed by atoms with Crippen molar-refractivity contribution in [3.05, 3.63) is 72.1 Å². The molecule has 1 aromatic carbocycles. The maximum Gasteiger partial charge on any atom is 0.159 e. The first-order chi connectivity index (χ1) is 11.9. The number of aromatic nitrogens is 3. The first-order valence-corrected chi connectivity index (χ1v) is 8.26. The fourth-order valence-corrected chi connectivity index (χ4v) is 3.33. The molecule has 5 nitrogen and oxygen atoms in total. The van der Waals surface area contributed by atoms with E-state index in [1.807, 2.05) is 30.3 Å². The normalized spacial score (nSPS) is 11.2. The topological polar surface area (TPSA) is 63.1 Å². The molecule has 0 aliphatic heterocycles. The number of pyridine rings is 1. The average molecular weight is 331 g/mol. The smallest absolute Gasteiger partial charge is 0.159 e. The third-order valence-electron chi connectivity index (χ3n) is 3.52. The standard InChI is InChI=1S/C18H13N5S/c1-2-6-14(7-3-1)15-11-24-18-16(15)17(20-12-21-18)23-22-10-13-5-4-8-19-9-13/h1-12H,(H,20,21,23)/b22-10-. The number of hydrazone groups is 1. The van der Waals surface area contributed by atoms with Crippen molar-refractivity contribution in [1.29, 1.82) is 0 Å². The van der Waals surface area contributed by atoms with Crippen LogP contribution in [0.2, 0.25) is 0 Å². The number of thiophene rings is 1. The zero-order valence-electron chi connectivity index (χ0n) is 12.6. The van der Waals surface area contributed by atoms with Crippen molar-refractivity contribution in [2.45, 2.75) is 0 Å². The number of hydrogen-bond acceptors (Lipinski definition) is 6. The van der Waals surface area contributed by atoms with Gasteiger partial charge in [-0.05, 0) is 11.6 Å². The molecule has 3 aromatic heterocycles. The van der Waals surface area contributed by atoms with Gasteiger partial charge >= 0.3 is 0 Å². The first-order valence-electron chi connectivity index (χ1n) is 7.38. The quantitative estimate of drug-likeness (QED) is 0.450. The molecular weight excluding hydrogens is 318 g/mol. The summed E-state index contributed by atoms with van der Waals surface area (Å²) >= 11 is 1.60. The molecule has 0 atom stereocenters. The summed E-state index contributed by atoms with van der Waals surface area (Å²) in [7, 11) is 0. The van der Waals surface area contributed by atoms with E-state index in [-0.39, 0.29) is 0 Å². The minimum absolute atomic E-state index is 0.695. The van der Waals surface area contributed by atoms with Gasteiger partial charge in [0, 0.05) is 28.9 Å². The maximum absolute atomic E-state index is 4.36. The van der Waals surface area contributed by atoms with Gasteiger partial charge < -0.3 is 0 Å². The van der Waals surface area contributed by atoms with Gasteiger partial charge in [-0.1, -0.05) is 36.4 Å². The number of fused-ring (bicyclic) bond motifs is 1. The maximum atomic E-state index is 4.36. The fraction of sp³-hybridized carbons (Fsp3) is 0. The van der Waals surface area contributed by atoms with Crippen molar-refractivity contribution in [2.75, 3.05) is 5.43 Å². The predicted molar refractivity (Wildman–Crippen MR) is 98.3 cm³/mol. The van der Waals surface area contributed by atoms with E-state index in [4.69, 9.17) is 0 Å². The van der Waals surface area contributed by atoms with Gasteiger partial charge in [-0.15, -0.1) is 11.3 Å². The van der Waals surface area contributed by atoms with Crippen LogP contribution < -0.4 is 5.43 Å². The fourth-order valence-electron chi connectivity index (χ4n) is 2.41. The molecule has 0 spiro atoms. The summed E-state index contributed by atoms with van der Waals surface area (Å²) in [6.07, 6.45) is 6.75. The van der Waals surface area contributed by atoms with Crippen LogP contribution in [0.1, 0.15) is 5.56 Å². The van der Waals surface area contributed by atoms with Gasteiger partial charge in [0.1, 0.15) is 11.2 Å². The SMILES string of the molecule is C(=N/Nc1ncnc2scc(-c3ccccc3)c12)/c1cccnc1. The summed E-state index contributed by atoms with van der Waals surface area (Å²) in [5.74, 6) is 0.695. The molecule has 0 saturated carbocycles. The lowest BCUT2D eigenvalue weighted by molar-refractivity contribution is 1.19. The Kier molecular flexibility index (Phi) is 3.95. The van der Waals surface area contributed by atoms with E-state index in [1.165, 1.54) is 0 Å². The van der Waals surface area contributed by atoms with Crippen molar-refractivity contribution in [1.82, 2.24) is 15.0 Å². The lowest BCUT2D eigenvalue weighted by Crippen LogP contribution is -1.95. The average Bonchev–Trinajstić information content (AvgIpc) is 3.08. The highest BCUT2D eigenvalue weighted by molar-refractivity contribution is 7.17. The van der Waals surface area contributed by atoms with E-state index in [9.17, 15) is 0 Å². The van der Waals surface area contributed by atoms with Crippen molar-refractivity contribution >= 4 is 33.6 Å².